The minimum absolute atomic E-state index is 0.0176. The molecule has 22 nitrogen and oxygen atoms in total. The van der Waals surface area contributed by atoms with E-state index in [4.69, 9.17) is 42.6 Å². The van der Waals surface area contributed by atoms with Gasteiger partial charge in [-0.05, 0) is 100 Å². The van der Waals surface area contributed by atoms with Gasteiger partial charge in [0.2, 0.25) is 5.43 Å². The van der Waals surface area contributed by atoms with E-state index in [1.165, 1.54) is 26.3 Å². The van der Waals surface area contributed by atoms with Crippen LogP contribution in [-0.4, -0.2) is 192 Å². The number of hydrogen-bond donors (Lipinski definition) is 6. The monoisotopic (exact) mass is 1080 g/mol. The molecule has 1 aromatic heterocycles. The molecule has 4 fully saturated rings. The molecule has 18 atom stereocenters. The Labute approximate surface area is 445 Å². The van der Waals surface area contributed by atoms with E-state index < -0.39 is 119 Å². The Hall–Kier alpha value is -4.33. The molecule has 76 heavy (non-hydrogen) atoms. The molecule has 0 saturated carbocycles. The predicted octanol–water partition coefficient (Wildman–Crippen LogP) is 3.24. The Kier molecular flexibility index (Phi) is 20.2. The number of Topliss-reactive ketones (excluding diaryl/α,β-unsaturated/α-hetero) is 1. The molecule has 6 N–H and O–H groups in total. The number of alkyl carbamates (subject to hydrolysis) is 1. The maximum atomic E-state index is 14.5. The van der Waals surface area contributed by atoms with Gasteiger partial charge in [0, 0.05) is 69.7 Å². The van der Waals surface area contributed by atoms with Crippen molar-refractivity contribution in [2.24, 2.45) is 23.7 Å². The zero-order valence-corrected chi connectivity index (χ0v) is 46.4. The van der Waals surface area contributed by atoms with E-state index in [2.05, 4.69) is 10.6 Å². The molecule has 6 rings (SSSR count). The molecule has 0 radical (unpaired) electrons. The lowest BCUT2D eigenvalue weighted by atomic mass is 9.75. The highest BCUT2D eigenvalue weighted by Crippen LogP contribution is 2.45. The van der Waals surface area contributed by atoms with Crippen molar-refractivity contribution in [1.29, 1.82) is 0 Å². The van der Waals surface area contributed by atoms with E-state index in [1.807, 2.05) is 39.8 Å². The number of aromatic nitrogens is 1. The molecular formula is C54H84N4O18. The van der Waals surface area contributed by atoms with Crippen LogP contribution in [0.2, 0.25) is 0 Å². The van der Waals surface area contributed by atoms with Gasteiger partial charge in [0.1, 0.15) is 47.1 Å². The van der Waals surface area contributed by atoms with Crippen molar-refractivity contribution in [1.82, 2.24) is 20.1 Å². The number of carbonyl (C=O) groups excluding carboxylic acids is 3. The molecule has 4 aliphatic heterocycles. The van der Waals surface area contributed by atoms with Crippen LogP contribution in [0.3, 0.4) is 0 Å². The van der Waals surface area contributed by atoms with Gasteiger partial charge >= 0.3 is 18.0 Å². The fraction of sp³-hybridized carbons (Fsp3) is 0.759. The number of ketones is 1. The van der Waals surface area contributed by atoms with Crippen LogP contribution in [0.15, 0.2) is 29.2 Å². The number of carboxylic acids is 1. The summed E-state index contributed by atoms with van der Waals surface area (Å²) in [5, 5.41) is 50.8. The predicted molar refractivity (Wildman–Crippen MR) is 276 cm³/mol. The summed E-state index contributed by atoms with van der Waals surface area (Å²) in [6.07, 6.45) is -8.90. The van der Waals surface area contributed by atoms with Crippen molar-refractivity contribution in [3.8, 4) is 5.75 Å². The number of esters is 1. The summed E-state index contributed by atoms with van der Waals surface area (Å²) in [6, 6.07) is 4.63. The molecule has 0 unspecified atom stereocenters. The first-order valence-electron chi connectivity index (χ1n) is 26.7. The lowest BCUT2D eigenvalue weighted by Gasteiger charge is -2.49. The summed E-state index contributed by atoms with van der Waals surface area (Å²) in [7, 11) is 5.21. The highest BCUT2D eigenvalue weighted by Gasteiger charge is 2.57. The number of ether oxygens (including phenoxy) is 9. The van der Waals surface area contributed by atoms with Crippen molar-refractivity contribution in [3.63, 3.8) is 0 Å². The number of nitrogens with one attached hydrogen (secondary N) is 2. The smallest absolute Gasteiger partial charge is 0.407 e. The van der Waals surface area contributed by atoms with Gasteiger partial charge in [-0.15, -0.1) is 0 Å². The van der Waals surface area contributed by atoms with Gasteiger partial charge in [-0.1, -0.05) is 20.8 Å². The number of cyclic esters (lactones) is 1. The summed E-state index contributed by atoms with van der Waals surface area (Å²) < 4.78 is 58.7. The second-order valence-electron chi connectivity index (χ2n) is 22.1. The Morgan fingerprint density at radius 2 is 1.64 bits per heavy atom. The third-order valence-electron chi connectivity index (χ3n) is 16.2. The number of rotatable bonds is 17. The Morgan fingerprint density at radius 3 is 2.29 bits per heavy atom. The van der Waals surface area contributed by atoms with Crippen LogP contribution in [0.25, 0.3) is 10.9 Å². The number of aryl methyl sites for hydroxylation is 1. The Morgan fingerprint density at radius 1 is 0.934 bits per heavy atom. The van der Waals surface area contributed by atoms with Crippen LogP contribution < -0.4 is 20.8 Å². The Bertz CT molecular complexity index is 2400. The number of methoxy groups -OCH3 is 1. The van der Waals surface area contributed by atoms with E-state index in [0.717, 1.165) is 0 Å². The van der Waals surface area contributed by atoms with Gasteiger partial charge in [-0.3, -0.25) is 14.4 Å². The average molecular weight is 1080 g/mol. The minimum atomic E-state index is -2.02. The topological polar surface area (TPSA) is 282 Å². The van der Waals surface area contributed by atoms with Crippen molar-refractivity contribution >= 4 is 34.7 Å². The molecule has 0 spiro atoms. The van der Waals surface area contributed by atoms with Crippen LogP contribution in [0.4, 0.5) is 4.79 Å². The molecule has 2 bridgehead atoms. The quantitative estimate of drug-likeness (QED) is 0.0980. The first kappa shape index (κ1) is 60.9. The van der Waals surface area contributed by atoms with Crippen molar-refractivity contribution in [3.05, 3.63) is 40.2 Å². The molecule has 428 valence electrons. The number of nitrogens with zero attached hydrogens (tertiary/aromatic N) is 2. The third kappa shape index (κ3) is 13.2. The number of aliphatic hydroxyl groups is 3. The first-order valence-corrected chi connectivity index (χ1v) is 26.7. The Balaban J connectivity index is 1.15. The third-order valence-corrected chi connectivity index (χ3v) is 16.2. The molecule has 5 heterocycles. The summed E-state index contributed by atoms with van der Waals surface area (Å²) in [5.74, 6) is -5.63. The summed E-state index contributed by atoms with van der Waals surface area (Å²) in [6.45, 7) is 18.6. The summed E-state index contributed by atoms with van der Waals surface area (Å²) in [5.41, 5.74) is -4.76. The maximum Gasteiger partial charge on any atom is 0.407 e. The lowest BCUT2D eigenvalue weighted by molar-refractivity contribution is -0.317. The standard InChI is InChI=1S/C54H84N4O18/c1-14-39-54(10,67)45(62)29(4)41(59)33-24-53(9,70-27-33)46(75-50-43(61)38(57(11)12)22-28(3)71-50)30(5)44(31(6)49(65)73-39)74-40-25-52(8,68-13)47(32(7)72-40)76-51(66)56-19-18-55-20-21-69-34-16-17-37-35(23-34)42(60)36(48(63)64)26-58(37)15-2/h16-17,23,26,28-33,38-40,43-47,50,55,61-62,67H,14-15,18-22,24-25,27H2,1-13H3,(H,56,66)(H,63,64)/t28-,29+,30+,31-,32+,33+,38+,39-,40+,43-,44+,45-,46-,47+,50+,52-,53-,54-/m1/s1. The molecule has 1 amide bonds. The van der Waals surface area contributed by atoms with Gasteiger partial charge in [-0.2, -0.15) is 0 Å². The normalized spacial score (nSPS) is 37.6. The molecule has 22 heteroatoms. The van der Waals surface area contributed by atoms with Crippen molar-refractivity contribution in [2.45, 2.75) is 186 Å². The van der Waals surface area contributed by atoms with E-state index >= 15 is 0 Å². The average Bonchev–Trinajstić information content (AvgIpc) is 3.79. The van der Waals surface area contributed by atoms with Gasteiger partial charge in [0.15, 0.2) is 18.7 Å². The number of benzene rings is 1. The number of pyridine rings is 1. The van der Waals surface area contributed by atoms with Crippen LogP contribution in [0.1, 0.15) is 105 Å². The van der Waals surface area contributed by atoms with Crippen molar-refractivity contribution in [2.75, 3.05) is 54.1 Å². The zero-order valence-electron chi connectivity index (χ0n) is 46.4. The SMILES string of the molecule is CC[C@H]1OC(=O)[C@H](C)[C@@H](O[C@H]2C[C@@](C)(OC)[C@@H](OC(=O)NCCNCCOc3ccc4c(c3)c(=O)c(C(=O)O)cn4CC)[C@H](C)O2)[C@H](C)[C@@H](O[C@@H]2O[C@H](C)C[C@H](N(C)C)[C@H]2O)[C@@]2(C)C[C@@H](CO2)C(=O)[C@H](C)[C@@H](O)[C@]1(C)O. The molecule has 2 aromatic rings. The highest BCUT2D eigenvalue weighted by atomic mass is 16.7. The number of fused-ring (bicyclic) bond motifs is 3. The number of amides is 1. The van der Waals surface area contributed by atoms with Crippen LogP contribution in [-0.2, 0) is 54.0 Å². The lowest BCUT2D eigenvalue weighted by Crippen LogP contribution is -2.61. The number of aromatic carboxylic acids is 1. The number of hydrogen-bond acceptors (Lipinski definition) is 19. The minimum Gasteiger partial charge on any atom is -0.492 e. The number of aliphatic hydroxyl groups excluding tert-OH is 2. The van der Waals surface area contributed by atoms with Gasteiger partial charge in [-0.25, -0.2) is 9.59 Å². The highest BCUT2D eigenvalue weighted by molar-refractivity contribution is 5.93. The van der Waals surface area contributed by atoms with Crippen molar-refractivity contribution < 1.29 is 82.2 Å². The first-order chi connectivity index (χ1) is 35.7. The maximum absolute atomic E-state index is 14.5. The second kappa shape index (κ2) is 25.2. The largest absolute Gasteiger partial charge is 0.492 e. The molecule has 4 aliphatic rings. The van der Waals surface area contributed by atoms with E-state index in [-0.39, 0.29) is 67.9 Å². The number of carboxylic acid groups (broad SMARTS) is 1. The number of likely N-dealkylation sites (N-methyl/N-ethyl adjacent to an activating group) is 1. The zero-order chi connectivity index (χ0) is 56.2. The second-order valence-corrected chi connectivity index (χ2v) is 22.1. The fourth-order valence-corrected chi connectivity index (χ4v) is 11.6. The summed E-state index contributed by atoms with van der Waals surface area (Å²) >= 11 is 0. The van der Waals surface area contributed by atoms with E-state index in [1.54, 1.807) is 58.2 Å². The van der Waals surface area contributed by atoms with E-state index in [9.17, 15) is 44.4 Å². The van der Waals surface area contributed by atoms with E-state index in [0.29, 0.717) is 37.3 Å². The molecular weight excluding hydrogens is 993 g/mol. The van der Waals surface area contributed by atoms with Crippen LogP contribution in [0.5, 0.6) is 5.75 Å². The van der Waals surface area contributed by atoms with Crippen LogP contribution >= 0.6 is 0 Å². The number of carbonyl (C=O) groups is 4. The van der Waals surface area contributed by atoms with Crippen LogP contribution in [0, 0.1) is 23.7 Å². The molecule has 0 aliphatic carbocycles. The van der Waals surface area contributed by atoms with Gasteiger partial charge in [0.25, 0.3) is 0 Å². The fourth-order valence-electron chi connectivity index (χ4n) is 11.6. The molecule has 1 aromatic carbocycles. The summed E-state index contributed by atoms with van der Waals surface area (Å²) in [4.78, 5) is 68.5. The van der Waals surface area contributed by atoms with Gasteiger partial charge in [0.05, 0.1) is 59.5 Å². The van der Waals surface area contributed by atoms with Gasteiger partial charge < -0.3 is 83.2 Å². The molecule has 4 saturated heterocycles.